The second kappa shape index (κ2) is 6.04. The molecule has 5 nitrogen and oxygen atoms in total. The number of rotatable bonds is 2. The molecule has 6 heteroatoms. The molecule has 1 aromatic carbocycles. The maximum atomic E-state index is 13.9. The summed E-state index contributed by atoms with van der Waals surface area (Å²) < 4.78 is 13.9. The van der Waals surface area contributed by atoms with Crippen molar-refractivity contribution in [1.82, 2.24) is 10.8 Å². The number of nitrogens with one attached hydrogen (secondary N) is 2. The molecule has 0 aromatic heterocycles. The van der Waals surface area contributed by atoms with E-state index >= 15 is 0 Å². The summed E-state index contributed by atoms with van der Waals surface area (Å²) in [4.78, 5) is 23.4. The van der Waals surface area contributed by atoms with Gasteiger partial charge >= 0.3 is 0 Å². The zero-order chi connectivity index (χ0) is 16.5. The molecule has 0 fully saturated rings. The lowest BCUT2D eigenvalue weighted by molar-refractivity contribution is -0.129. The predicted molar refractivity (Wildman–Crippen MR) is 79.1 cm³/mol. The van der Waals surface area contributed by atoms with Crippen molar-refractivity contribution in [2.45, 2.75) is 46.1 Å². The summed E-state index contributed by atoms with van der Waals surface area (Å²) in [5.74, 6) is -1.56. The van der Waals surface area contributed by atoms with E-state index in [9.17, 15) is 14.0 Å². The van der Waals surface area contributed by atoms with Crippen molar-refractivity contribution in [3.8, 4) is 0 Å². The Bertz CT molecular complexity index is 608. The Balaban J connectivity index is 2.16. The van der Waals surface area contributed by atoms with E-state index in [-0.39, 0.29) is 17.5 Å². The fraction of sp³-hybridized carbons (Fsp3) is 0.500. The highest BCUT2D eigenvalue weighted by atomic mass is 19.1. The normalized spacial score (nSPS) is 17.6. The molecule has 22 heavy (non-hydrogen) atoms. The molecule has 120 valence electrons. The van der Waals surface area contributed by atoms with Gasteiger partial charge in [-0.1, -0.05) is 20.8 Å². The van der Waals surface area contributed by atoms with E-state index in [1.165, 1.54) is 17.6 Å². The fourth-order valence-electron chi connectivity index (χ4n) is 2.54. The quantitative estimate of drug-likeness (QED) is 0.577. The summed E-state index contributed by atoms with van der Waals surface area (Å²) in [5.41, 5.74) is 2.48. The van der Waals surface area contributed by atoms with Gasteiger partial charge in [0.25, 0.3) is 5.91 Å². The summed E-state index contributed by atoms with van der Waals surface area (Å²) in [6.07, 6.45) is 1.92. The first-order valence-electron chi connectivity index (χ1n) is 7.29. The zero-order valence-corrected chi connectivity index (χ0v) is 13.0. The molecule has 1 aliphatic rings. The van der Waals surface area contributed by atoms with E-state index in [0.29, 0.717) is 12.8 Å². The number of benzene rings is 1. The van der Waals surface area contributed by atoms with Crippen molar-refractivity contribution in [3.05, 3.63) is 34.6 Å². The van der Waals surface area contributed by atoms with Gasteiger partial charge in [0, 0.05) is 11.5 Å². The average Bonchev–Trinajstić information content (AvgIpc) is 2.44. The van der Waals surface area contributed by atoms with Crippen LogP contribution in [0.4, 0.5) is 4.39 Å². The van der Waals surface area contributed by atoms with E-state index in [0.717, 1.165) is 17.5 Å². The minimum Gasteiger partial charge on any atom is -0.353 e. The lowest BCUT2D eigenvalue weighted by atomic mass is 9.86. The number of amides is 2. The van der Waals surface area contributed by atoms with Gasteiger partial charge in [0.15, 0.2) is 0 Å². The molecule has 1 unspecified atom stereocenters. The van der Waals surface area contributed by atoms with Gasteiger partial charge in [0.1, 0.15) is 5.82 Å². The Morgan fingerprint density at radius 3 is 2.55 bits per heavy atom. The summed E-state index contributed by atoms with van der Waals surface area (Å²) in [6, 6.07) is 2.75. The third kappa shape index (κ3) is 3.44. The fourth-order valence-corrected chi connectivity index (χ4v) is 2.54. The van der Waals surface area contributed by atoms with E-state index in [2.05, 4.69) is 5.32 Å². The monoisotopic (exact) mass is 308 g/mol. The molecule has 0 saturated heterocycles. The van der Waals surface area contributed by atoms with Crippen LogP contribution in [-0.2, 0) is 17.6 Å². The topological polar surface area (TPSA) is 78.4 Å². The molecule has 0 heterocycles. The standard InChI is InChI=1S/C16H21FN2O3/c1-16(2,3)15(21)18-11-5-4-9-7-12(14(20)19-22)13(17)8-10(9)6-11/h7-8,11,22H,4-6H2,1-3H3,(H,18,21)(H,19,20). The third-order valence-electron chi connectivity index (χ3n) is 3.88. The molecule has 0 radical (unpaired) electrons. The number of halogens is 1. The number of hydroxylamine groups is 1. The second-order valence-corrected chi connectivity index (χ2v) is 6.70. The van der Waals surface area contributed by atoms with Crippen LogP contribution in [0.25, 0.3) is 0 Å². The largest absolute Gasteiger partial charge is 0.353 e. The summed E-state index contributed by atoms with van der Waals surface area (Å²) in [6.45, 7) is 5.54. The average molecular weight is 308 g/mol. The van der Waals surface area contributed by atoms with Crippen molar-refractivity contribution in [1.29, 1.82) is 0 Å². The minimum atomic E-state index is -0.858. The molecule has 2 amide bonds. The highest BCUT2D eigenvalue weighted by Crippen LogP contribution is 2.25. The molecule has 0 saturated carbocycles. The number of hydrogen-bond donors (Lipinski definition) is 3. The number of aryl methyl sites for hydroxylation is 1. The number of hydrogen-bond acceptors (Lipinski definition) is 3. The van der Waals surface area contributed by atoms with Crippen molar-refractivity contribution < 1.29 is 19.2 Å². The first kappa shape index (κ1) is 16.4. The molecular weight excluding hydrogens is 287 g/mol. The van der Waals surface area contributed by atoms with Crippen molar-refractivity contribution in [2.75, 3.05) is 0 Å². The van der Waals surface area contributed by atoms with Gasteiger partial charge in [-0.05, 0) is 42.5 Å². The van der Waals surface area contributed by atoms with Crippen LogP contribution in [-0.4, -0.2) is 23.1 Å². The van der Waals surface area contributed by atoms with E-state index in [1.807, 2.05) is 20.8 Å². The Kier molecular flexibility index (Phi) is 4.51. The maximum Gasteiger partial charge on any atom is 0.277 e. The van der Waals surface area contributed by atoms with Crippen LogP contribution in [0.3, 0.4) is 0 Å². The van der Waals surface area contributed by atoms with Gasteiger partial charge < -0.3 is 5.32 Å². The SMILES string of the molecule is CC(C)(C)C(=O)NC1CCc2cc(C(=O)NO)c(F)cc2C1. The molecule has 3 N–H and O–H groups in total. The van der Waals surface area contributed by atoms with Gasteiger partial charge in [-0.25, -0.2) is 9.87 Å². The Morgan fingerprint density at radius 2 is 1.95 bits per heavy atom. The Morgan fingerprint density at radius 1 is 1.27 bits per heavy atom. The van der Waals surface area contributed by atoms with Crippen molar-refractivity contribution in [2.24, 2.45) is 5.41 Å². The van der Waals surface area contributed by atoms with Crippen molar-refractivity contribution >= 4 is 11.8 Å². The van der Waals surface area contributed by atoms with E-state index in [1.54, 1.807) is 0 Å². The van der Waals surface area contributed by atoms with E-state index < -0.39 is 17.1 Å². The van der Waals surface area contributed by atoms with Crippen LogP contribution in [0.1, 0.15) is 48.7 Å². The molecule has 0 bridgehead atoms. The molecule has 1 aliphatic carbocycles. The number of fused-ring (bicyclic) bond motifs is 1. The summed E-state index contributed by atoms with van der Waals surface area (Å²) >= 11 is 0. The molecule has 0 aliphatic heterocycles. The minimum absolute atomic E-state index is 0.0299. The van der Waals surface area contributed by atoms with Gasteiger partial charge in [0.05, 0.1) is 5.56 Å². The van der Waals surface area contributed by atoms with Crippen LogP contribution in [0.15, 0.2) is 12.1 Å². The number of carbonyl (C=O) groups is 2. The third-order valence-corrected chi connectivity index (χ3v) is 3.88. The van der Waals surface area contributed by atoms with Crippen LogP contribution < -0.4 is 10.8 Å². The first-order valence-corrected chi connectivity index (χ1v) is 7.29. The van der Waals surface area contributed by atoms with Gasteiger partial charge in [-0.2, -0.15) is 0 Å². The Hall–Kier alpha value is -1.95. The smallest absolute Gasteiger partial charge is 0.277 e. The summed E-state index contributed by atoms with van der Waals surface area (Å²) in [5, 5.41) is 11.6. The highest BCUT2D eigenvalue weighted by molar-refractivity contribution is 5.94. The molecule has 1 aromatic rings. The lowest BCUT2D eigenvalue weighted by Crippen LogP contribution is -2.44. The van der Waals surface area contributed by atoms with Gasteiger partial charge in [-0.15, -0.1) is 0 Å². The number of carbonyl (C=O) groups excluding carboxylic acids is 2. The molecule has 0 spiro atoms. The van der Waals surface area contributed by atoms with Gasteiger partial charge in [-0.3, -0.25) is 14.8 Å². The van der Waals surface area contributed by atoms with Crippen molar-refractivity contribution in [3.63, 3.8) is 0 Å². The predicted octanol–water partition coefficient (Wildman–Crippen LogP) is 1.96. The molecular formula is C16H21FN2O3. The summed E-state index contributed by atoms with van der Waals surface area (Å²) in [7, 11) is 0. The maximum absolute atomic E-state index is 13.9. The zero-order valence-electron chi connectivity index (χ0n) is 13.0. The van der Waals surface area contributed by atoms with Crippen LogP contribution in [0.2, 0.25) is 0 Å². The van der Waals surface area contributed by atoms with Crippen LogP contribution in [0.5, 0.6) is 0 Å². The lowest BCUT2D eigenvalue weighted by Gasteiger charge is -2.29. The molecule has 2 rings (SSSR count). The highest BCUT2D eigenvalue weighted by Gasteiger charge is 2.27. The molecule has 1 atom stereocenters. The van der Waals surface area contributed by atoms with E-state index in [4.69, 9.17) is 5.21 Å². The Labute approximate surface area is 128 Å². The first-order chi connectivity index (χ1) is 10.2. The second-order valence-electron chi connectivity index (χ2n) is 6.70. The van der Waals surface area contributed by atoms with Gasteiger partial charge in [0.2, 0.25) is 5.91 Å². The van der Waals surface area contributed by atoms with Crippen LogP contribution in [0, 0.1) is 11.2 Å². The van der Waals surface area contributed by atoms with Crippen LogP contribution >= 0.6 is 0 Å².